The lowest BCUT2D eigenvalue weighted by molar-refractivity contribution is -0.123. The zero-order chi connectivity index (χ0) is 14.1. The lowest BCUT2D eigenvalue weighted by Gasteiger charge is -2.29. The molecule has 1 aliphatic rings. The van der Waals surface area contributed by atoms with Gasteiger partial charge in [-0.15, -0.1) is 0 Å². The first kappa shape index (κ1) is 16.5. The Morgan fingerprint density at radius 1 is 1.32 bits per heavy atom. The second-order valence-corrected chi connectivity index (χ2v) is 6.33. The third-order valence-electron chi connectivity index (χ3n) is 4.63. The highest BCUT2D eigenvalue weighted by molar-refractivity contribution is 5.76. The lowest BCUT2D eigenvalue weighted by atomic mass is 9.85. The third kappa shape index (κ3) is 6.42. The molecule has 0 saturated heterocycles. The molecule has 0 aromatic heterocycles. The molecule has 112 valence electrons. The van der Waals surface area contributed by atoms with Gasteiger partial charge in [-0.1, -0.05) is 39.0 Å². The quantitative estimate of drug-likeness (QED) is 0.709. The van der Waals surface area contributed by atoms with Crippen LogP contribution in [0, 0.1) is 5.92 Å². The molecule has 0 radical (unpaired) electrons. The maximum atomic E-state index is 11.9. The van der Waals surface area contributed by atoms with Crippen LogP contribution in [0.1, 0.15) is 78.1 Å². The molecule has 19 heavy (non-hydrogen) atoms. The molecule has 1 unspecified atom stereocenters. The second kappa shape index (κ2) is 8.57. The smallest absolute Gasteiger partial charge is 0.220 e. The van der Waals surface area contributed by atoms with Crippen molar-refractivity contribution in [2.45, 2.75) is 83.6 Å². The molecule has 0 aromatic rings. The van der Waals surface area contributed by atoms with Gasteiger partial charge in [-0.05, 0) is 38.5 Å². The zero-order valence-corrected chi connectivity index (χ0v) is 12.7. The normalized spacial score (nSPS) is 19.9. The average Bonchev–Trinajstić information content (AvgIpc) is 2.40. The minimum atomic E-state index is -0.239. The van der Waals surface area contributed by atoms with Crippen molar-refractivity contribution in [2.75, 3.05) is 6.61 Å². The van der Waals surface area contributed by atoms with E-state index in [9.17, 15) is 4.79 Å². The predicted octanol–water partition coefficient (Wildman–Crippen LogP) is 3.40. The molecule has 0 spiro atoms. The standard InChI is InChI=1S/C16H31NO2/c1-3-16(2,12-13-18)17-15(19)11-7-10-14-8-5-4-6-9-14/h14,18H,3-13H2,1-2H3,(H,17,19). The summed E-state index contributed by atoms with van der Waals surface area (Å²) in [6, 6.07) is 0. The Balaban J connectivity index is 2.19. The summed E-state index contributed by atoms with van der Waals surface area (Å²) < 4.78 is 0. The predicted molar refractivity (Wildman–Crippen MR) is 79.0 cm³/mol. The molecule has 1 atom stereocenters. The highest BCUT2D eigenvalue weighted by Crippen LogP contribution is 2.27. The van der Waals surface area contributed by atoms with Crippen molar-refractivity contribution < 1.29 is 9.90 Å². The highest BCUT2D eigenvalue weighted by Gasteiger charge is 2.23. The van der Waals surface area contributed by atoms with Crippen molar-refractivity contribution in [3.05, 3.63) is 0 Å². The summed E-state index contributed by atoms with van der Waals surface area (Å²) in [7, 11) is 0. The Hall–Kier alpha value is -0.570. The van der Waals surface area contributed by atoms with E-state index in [0.717, 1.165) is 18.8 Å². The molecule has 1 amide bonds. The summed E-state index contributed by atoms with van der Waals surface area (Å²) >= 11 is 0. The molecule has 2 N–H and O–H groups in total. The maximum absolute atomic E-state index is 11.9. The summed E-state index contributed by atoms with van der Waals surface area (Å²) in [5, 5.41) is 12.1. The third-order valence-corrected chi connectivity index (χ3v) is 4.63. The SMILES string of the molecule is CCC(C)(CCO)NC(=O)CCCC1CCCCC1. The number of carbonyl (C=O) groups excluding carboxylic acids is 1. The van der Waals surface area contributed by atoms with Crippen LogP contribution in [0.25, 0.3) is 0 Å². The summed E-state index contributed by atoms with van der Waals surface area (Å²) in [6.45, 7) is 4.20. The fourth-order valence-corrected chi connectivity index (χ4v) is 3.00. The molecule has 0 heterocycles. The van der Waals surface area contributed by atoms with E-state index in [1.807, 2.05) is 6.92 Å². The molecule has 3 nitrogen and oxygen atoms in total. The molecule has 3 heteroatoms. The Morgan fingerprint density at radius 3 is 2.58 bits per heavy atom. The molecule has 1 fully saturated rings. The number of aliphatic hydroxyl groups excluding tert-OH is 1. The van der Waals surface area contributed by atoms with Crippen LogP contribution >= 0.6 is 0 Å². The minimum Gasteiger partial charge on any atom is -0.396 e. The zero-order valence-electron chi connectivity index (χ0n) is 12.7. The van der Waals surface area contributed by atoms with Crippen LogP contribution in [0.5, 0.6) is 0 Å². The average molecular weight is 269 g/mol. The number of hydrogen-bond donors (Lipinski definition) is 2. The van der Waals surface area contributed by atoms with Crippen molar-refractivity contribution >= 4 is 5.91 Å². The van der Waals surface area contributed by atoms with Gasteiger partial charge in [0.05, 0.1) is 0 Å². The van der Waals surface area contributed by atoms with Crippen molar-refractivity contribution in [3.8, 4) is 0 Å². The van der Waals surface area contributed by atoms with Crippen LogP contribution in [0.3, 0.4) is 0 Å². The number of aliphatic hydroxyl groups is 1. The summed E-state index contributed by atoms with van der Waals surface area (Å²) in [6.07, 6.45) is 11.2. The van der Waals surface area contributed by atoms with E-state index >= 15 is 0 Å². The topological polar surface area (TPSA) is 49.3 Å². The van der Waals surface area contributed by atoms with Gasteiger partial charge in [0.1, 0.15) is 0 Å². The van der Waals surface area contributed by atoms with Gasteiger partial charge in [-0.3, -0.25) is 4.79 Å². The first-order chi connectivity index (χ1) is 9.09. The van der Waals surface area contributed by atoms with Crippen molar-refractivity contribution in [2.24, 2.45) is 5.92 Å². The lowest BCUT2D eigenvalue weighted by Crippen LogP contribution is -2.46. The van der Waals surface area contributed by atoms with E-state index in [-0.39, 0.29) is 18.1 Å². The van der Waals surface area contributed by atoms with Gasteiger partial charge in [-0.2, -0.15) is 0 Å². The fourth-order valence-electron chi connectivity index (χ4n) is 3.00. The van der Waals surface area contributed by atoms with E-state index in [4.69, 9.17) is 5.11 Å². The van der Waals surface area contributed by atoms with Crippen LogP contribution < -0.4 is 5.32 Å². The van der Waals surface area contributed by atoms with Gasteiger partial charge in [-0.25, -0.2) is 0 Å². The van der Waals surface area contributed by atoms with Crippen LogP contribution in [0.15, 0.2) is 0 Å². The minimum absolute atomic E-state index is 0.132. The molecule has 0 aromatic carbocycles. The van der Waals surface area contributed by atoms with E-state index < -0.39 is 0 Å². The van der Waals surface area contributed by atoms with E-state index in [2.05, 4.69) is 12.2 Å². The maximum Gasteiger partial charge on any atom is 0.220 e. The van der Waals surface area contributed by atoms with Crippen molar-refractivity contribution in [1.29, 1.82) is 0 Å². The van der Waals surface area contributed by atoms with Crippen molar-refractivity contribution in [3.63, 3.8) is 0 Å². The largest absolute Gasteiger partial charge is 0.396 e. The number of nitrogens with one attached hydrogen (secondary N) is 1. The summed E-state index contributed by atoms with van der Waals surface area (Å²) in [5.74, 6) is 1.00. The molecule has 0 bridgehead atoms. The van der Waals surface area contributed by atoms with Crippen LogP contribution in [-0.2, 0) is 4.79 Å². The van der Waals surface area contributed by atoms with E-state index in [1.54, 1.807) is 0 Å². The van der Waals surface area contributed by atoms with Gasteiger partial charge >= 0.3 is 0 Å². The number of amides is 1. The molecular formula is C16H31NO2. The van der Waals surface area contributed by atoms with Gasteiger partial charge in [0.25, 0.3) is 0 Å². The van der Waals surface area contributed by atoms with Crippen LogP contribution in [0.2, 0.25) is 0 Å². The van der Waals surface area contributed by atoms with E-state index in [0.29, 0.717) is 12.8 Å². The number of rotatable bonds is 8. The van der Waals surface area contributed by atoms with Gasteiger partial charge in [0.2, 0.25) is 5.91 Å². The summed E-state index contributed by atoms with van der Waals surface area (Å²) in [4.78, 5) is 11.9. The van der Waals surface area contributed by atoms with Crippen molar-refractivity contribution in [1.82, 2.24) is 5.32 Å². The molecule has 1 aliphatic carbocycles. The molecule has 0 aliphatic heterocycles. The first-order valence-corrected chi connectivity index (χ1v) is 8.01. The monoisotopic (exact) mass is 269 g/mol. The van der Waals surface area contributed by atoms with Gasteiger partial charge in [0.15, 0.2) is 0 Å². The highest BCUT2D eigenvalue weighted by atomic mass is 16.3. The molecule has 1 rings (SSSR count). The number of carbonyl (C=O) groups is 1. The number of hydrogen-bond acceptors (Lipinski definition) is 2. The van der Waals surface area contributed by atoms with Gasteiger partial charge in [0, 0.05) is 18.6 Å². The Morgan fingerprint density at radius 2 is 2.00 bits per heavy atom. The first-order valence-electron chi connectivity index (χ1n) is 8.01. The fraction of sp³-hybridized carbons (Fsp3) is 0.938. The second-order valence-electron chi connectivity index (χ2n) is 6.33. The molecular weight excluding hydrogens is 238 g/mol. The van der Waals surface area contributed by atoms with Gasteiger partial charge < -0.3 is 10.4 Å². The van der Waals surface area contributed by atoms with Crippen LogP contribution in [0.4, 0.5) is 0 Å². The molecule has 1 saturated carbocycles. The van der Waals surface area contributed by atoms with E-state index in [1.165, 1.54) is 38.5 Å². The Labute approximate surface area is 118 Å². The Kier molecular flexibility index (Phi) is 7.44. The Bertz CT molecular complexity index is 261. The van der Waals surface area contributed by atoms with Crippen LogP contribution in [-0.4, -0.2) is 23.2 Å². The summed E-state index contributed by atoms with van der Waals surface area (Å²) in [5.41, 5.74) is -0.239.